The summed E-state index contributed by atoms with van der Waals surface area (Å²) in [5.41, 5.74) is 0. The third kappa shape index (κ3) is 4.72. The molecule has 0 saturated carbocycles. The Labute approximate surface area is 122 Å². The number of hydrogen-bond donors (Lipinski definition) is 0. The van der Waals surface area contributed by atoms with Crippen LogP contribution >= 0.6 is 0 Å². The maximum atomic E-state index is 11.6. The molecule has 2 aliphatic rings. The maximum Gasteiger partial charge on any atom is 0.320 e. The first-order valence-electron chi connectivity index (χ1n) is 7.99. The van der Waals surface area contributed by atoms with Crippen molar-refractivity contribution in [3.63, 3.8) is 0 Å². The lowest BCUT2D eigenvalue weighted by Crippen LogP contribution is -2.52. The van der Waals surface area contributed by atoms with Gasteiger partial charge in [0, 0.05) is 45.3 Å². The molecule has 0 atom stereocenters. The second-order valence-corrected chi connectivity index (χ2v) is 6.07. The van der Waals surface area contributed by atoms with Crippen LogP contribution in [0.4, 0.5) is 0 Å². The second kappa shape index (κ2) is 7.96. The summed E-state index contributed by atoms with van der Waals surface area (Å²) >= 11 is 0. The van der Waals surface area contributed by atoms with Gasteiger partial charge in [-0.15, -0.1) is 0 Å². The van der Waals surface area contributed by atoms with Gasteiger partial charge in [-0.25, -0.2) is 0 Å². The van der Waals surface area contributed by atoms with Crippen LogP contribution in [0.15, 0.2) is 0 Å². The van der Waals surface area contributed by atoms with Crippen LogP contribution in [0.25, 0.3) is 0 Å². The maximum absolute atomic E-state index is 11.6. The van der Waals surface area contributed by atoms with E-state index in [9.17, 15) is 4.79 Å². The van der Waals surface area contributed by atoms with E-state index in [1.807, 2.05) is 6.92 Å². The molecule has 116 valence electrons. The Morgan fingerprint density at radius 1 is 1.10 bits per heavy atom. The molecule has 2 rings (SSSR count). The first-order chi connectivity index (χ1) is 9.69. The molecule has 0 N–H and O–H groups in total. The fraction of sp³-hybridized carbons (Fsp3) is 0.933. The van der Waals surface area contributed by atoms with Crippen molar-refractivity contribution in [1.29, 1.82) is 0 Å². The van der Waals surface area contributed by atoms with Crippen molar-refractivity contribution in [3.8, 4) is 0 Å². The average Bonchev–Trinajstić information content (AvgIpc) is 2.47. The largest absolute Gasteiger partial charge is 0.465 e. The van der Waals surface area contributed by atoms with Crippen LogP contribution < -0.4 is 0 Å². The SMILES string of the molecule is CCCOC(=O)CN1CCC(N2CCN(C)CC2)CC1. The lowest BCUT2D eigenvalue weighted by Gasteiger charge is -2.41. The average molecular weight is 283 g/mol. The molecule has 0 radical (unpaired) electrons. The lowest BCUT2D eigenvalue weighted by atomic mass is 10.0. The van der Waals surface area contributed by atoms with Gasteiger partial charge < -0.3 is 9.64 Å². The molecule has 2 heterocycles. The normalized spacial score (nSPS) is 23.9. The number of likely N-dealkylation sites (N-methyl/N-ethyl adjacent to an activating group) is 1. The molecular weight excluding hydrogens is 254 g/mol. The third-order valence-corrected chi connectivity index (χ3v) is 4.43. The first-order valence-corrected chi connectivity index (χ1v) is 7.99. The van der Waals surface area contributed by atoms with Crippen molar-refractivity contribution in [2.75, 3.05) is 59.5 Å². The Morgan fingerprint density at radius 2 is 1.75 bits per heavy atom. The number of carbonyl (C=O) groups is 1. The van der Waals surface area contributed by atoms with Crippen molar-refractivity contribution in [3.05, 3.63) is 0 Å². The molecule has 0 aromatic heterocycles. The van der Waals surface area contributed by atoms with E-state index >= 15 is 0 Å². The Kier molecular flexibility index (Phi) is 6.26. The number of carbonyl (C=O) groups excluding carboxylic acids is 1. The topological polar surface area (TPSA) is 36.0 Å². The number of hydrogen-bond acceptors (Lipinski definition) is 5. The van der Waals surface area contributed by atoms with Crippen molar-refractivity contribution in [1.82, 2.24) is 14.7 Å². The highest BCUT2D eigenvalue weighted by Crippen LogP contribution is 2.17. The van der Waals surface area contributed by atoms with Gasteiger partial charge in [-0.3, -0.25) is 14.6 Å². The van der Waals surface area contributed by atoms with Gasteiger partial charge in [0.1, 0.15) is 0 Å². The number of ether oxygens (including phenoxy) is 1. The Hall–Kier alpha value is -0.650. The van der Waals surface area contributed by atoms with E-state index in [0.29, 0.717) is 19.2 Å². The van der Waals surface area contributed by atoms with Crippen LogP contribution in [0.1, 0.15) is 26.2 Å². The molecule has 0 bridgehead atoms. The van der Waals surface area contributed by atoms with Crippen LogP contribution in [-0.4, -0.2) is 86.2 Å². The van der Waals surface area contributed by atoms with E-state index in [2.05, 4.69) is 21.7 Å². The van der Waals surface area contributed by atoms with E-state index < -0.39 is 0 Å². The van der Waals surface area contributed by atoms with Gasteiger partial charge in [-0.05, 0) is 26.3 Å². The zero-order chi connectivity index (χ0) is 14.4. The highest BCUT2D eigenvalue weighted by atomic mass is 16.5. The molecule has 5 heteroatoms. The van der Waals surface area contributed by atoms with Crippen molar-refractivity contribution < 1.29 is 9.53 Å². The second-order valence-electron chi connectivity index (χ2n) is 6.07. The van der Waals surface area contributed by atoms with Gasteiger partial charge in [-0.1, -0.05) is 6.92 Å². The van der Waals surface area contributed by atoms with Crippen molar-refractivity contribution >= 4 is 5.97 Å². The summed E-state index contributed by atoms with van der Waals surface area (Å²) in [4.78, 5) is 18.9. The number of esters is 1. The lowest BCUT2D eigenvalue weighted by molar-refractivity contribution is -0.145. The Morgan fingerprint density at radius 3 is 2.35 bits per heavy atom. The number of piperidine rings is 1. The molecule has 5 nitrogen and oxygen atoms in total. The quantitative estimate of drug-likeness (QED) is 0.693. The van der Waals surface area contributed by atoms with E-state index in [4.69, 9.17) is 4.74 Å². The van der Waals surface area contributed by atoms with E-state index in [-0.39, 0.29) is 5.97 Å². The minimum atomic E-state index is -0.0649. The van der Waals surface area contributed by atoms with Gasteiger partial charge in [0.15, 0.2) is 0 Å². The number of piperazine rings is 1. The predicted octanol–water partition coefficient (Wildman–Crippen LogP) is 0.651. The summed E-state index contributed by atoms with van der Waals surface area (Å²) in [5.74, 6) is -0.0649. The fourth-order valence-corrected chi connectivity index (χ4v) is 3.07. The van der Waals surface area contributed by atoms with E-state index in [1.165, 1.54) is 39.0 Å². The zero-order valence-corrected chi connectivity index (χ0v) is 13.0. The molecule has 0 aromatic carbocycles. The van der Waals surface area contributed by atoms with Crippen molar-refractivity contribution in [2.24, 2.45) is 0 Å². The summed E-state index contributed by atoms with van der Waals surface area (Å²) in [7, 11) is 2.20. The van der Waals surface area contributed by atoms with Gasteiger partial charge in [-0.2, -0.15) is 0 Å². The Balaban J connectivity index is 1.66. The third-order valence-electron chi connectivity index (χ3n) is 4.43. The number of nitrogens with zero attached hydrogens (tertiary/aromatic N) is 3. The molecule has 0 aromatic rings. The van der Waals surface area contributed by atoms with Gasteiger partial charge in [0.25, 0.3) is 0 Å². The monoisotopic (exact) mass is 283 g/mol. The molecule has 0 amide bonds. The first kappa shape index (κ1) is 15.7. The minimum Gasteiger partial charge on any atom is -0.465 e. The molecule has 0 unspecified atom stereocenters. The van der Waals surface area contributed by atoms with E-state index in [0.717, 1.165) is 19.5 Å². The molecule has 2 fully saturated rings. The predicted molar refractivity (Wildman–Crippen MR) is 79.8 cm³/mol. The van der Waals surface area contributed by atoms with Crippen molar-refractivity contribution in [2.45, 2.75) is 32.2 Å². The molecule has 20 heavy (non-hydrogen) atoms. The molecular formula is C15H29N3O2. The number of rotatable bonds is 5. The fourth-order valence-electron chi connectivity index (χ4n) is 3.07. The summed E-state index contributed by atoms with van der Waals surface area (Å²) in [5, 5.41) is 0. The summed E-state index contributed by atoms with van der Waals surface area (Å²) in [6, 6.07) is 0.714. The Bertz CT molecular complexity index is 295. The molecule has 2 aliphatic heterocycles. The molecule has 0 spiro atoms. The molecule has 0 aliphatic carbocycles. The minimum absolute atomic E-state index is 0.0649. The van der Waals surface area contributed by atoms with Crippen LogP contribution in [0.2, 0.25) is 0 Å². The molecule has 2 saturated heterocycles. The van der Waals surface area contributed by atoms with E-state index in [1.54, 1.807) is 0 Å². The van der Waals surface area contributed by atoms with Gasteiger partial charge in [0.05, 0.1) is 13.2 Å². The summed E-state index contributed by atoms with van der Waals surface area (Å²) < 4.78 is 5.15. The van der Waals surface area contributed by atoms with Crippen LogP contribution in [0.3, 0.4) is 0 Å². The van der Waals surface area contributed by atoms with Gasteiger partial charge in [0.2, 0.25) is 0 Å². The van der Waals surface area contributed by atoms with Gasteiger partial charge >= 0.3 is 5.97 Å². The number of likely N-dealkylation sites (tertiary alicyclic amines) is 1. The van der Waals surface area contributed by atoms with Crippen LogP contribution in [0, 0.1) is 0 Å². The summed E-state index contributed by atoms with van der Waals surface area (Å²) in [6.45, 7) is 9.85. The smallest absolute Gasteiger partial charge is 0.320 e. The zero-order valence-electron chi connectivity index (χ0n) is 13.0. The summed E-state index contributed by atoms with van der Waals surface area (Å²) in [6.07, 6.45) is 3.27. The highest BCUT2D eigenvalue weighted by molar-refractivity contribution is 5.71. The van der Waals surface area contributed by atoms with Crippen LogP contribution in [-0.2, 0) is 9.53 Å². The standard InChI is InChI=1S/C15H29N3O2/c1-3-12-20-15(19)13-17-6-4-14(5-7-17)18-10-8-16(2)9-11-18/h14H,3-13H2,1-2H3. The highest BCUT2D eigenvalue weighted by Gasteiger charge is 2.27. The van der Waals surface area contributed by atoms with Crippen LogP contribution in [0.5, 0.6) is 0 Å².